The number of hydrogen-bond donors (Lipinski definition) is 3. The number of anilines is 1. The second kappa shape index (κ2) is 4.41. The molecule has 4 N–H and O–H groups in total. The summed E-state index contributed by atoms with van der Waals surface area (Å²) in [5, 5.41) is 18.7. The van der Waals surface area contributed by atoms with Crippen LogP contribution in [0.5, 0.6) is 0 Å². The quantitative estimate of drug-likeness (QED) is 0.616. The molecule has 0 aliphatic heterocycles. The number of aromatic nitrogens is 1. The SMILES string of the molecule is Nc1cccnc1C(O)C(O)CCl. The van der Waals surface area contributed by atoms with Crippen molar-refractivity contribution < 1.29 is 10.2 Å². The van der Waals surface area contributed by atoms with Crippen molar-refractivity contribution in [2.24, 2.45) is 0 Å². The van der Waals surface area contributed by atoms with E-state index >= 15 is 0 Å². The van der Waals surface area contributed by atoms with E-state index in [0.29, 0.717) is 5.69 Å². The zero-order chi connectivity index (χ0) is 9.84. The third kappa shape index (κ3) is 2.30. The molecule has 4 nitrogen and oxygen atoms in total. The largest absolute Gasteiger partial charge is 0.397 e. The van der Waals surface area contributed by atoms with Crippen LogP contribution in [0.15, 0.2) is 18.3 Å². The Bertz CT molecular complexity index is 283. The first-order valence-electron chi connectivity index (χ1n) is 3.79. The molecule has 0 spiro atoms. The molecule has 0 amide bonds. The van der Waals surface area contributed by atoms with E-state index in [4.69, 9.17) is 17.3 Å². The Labute approximate surface area is 81.0 Å². The van der Waals surface area contributed by atoms with E-state index in [1.165, 1.54) is 6.20 Å². The van der Waals surface area contributed by atoms with Gasteiger partial charge in [-0.3, -0.25) is 4.98 Å². The van der Waals surface area contributed by atoms with Gasteiger partial charge in [-0.25, -0.2) is 0 Å². The maximum atomic E-state index is 9.49. The van der Waals surface area contributed by atoms with Gasteiger partial charge in [-0.2, -0.15) is 0 Å². The Morgan fingerprint density at radius 2 is 2.23 bits per heavy atom. The van der Waals surface area contributed by atoms with E-state index in [2.05, 4.69) is 4.98 Å². The average Bonchev–Trinajstić information content (AvgIpc) is 2.16. The molecule has 0 aliphatic carbocycles. The molecule has 0 radical (unpaired) electrons. The summed E-state index contributed by atoms with van der Waals surface area (Å²) in [7, 11) is 0. The van der Waals surface area contributed by atoms with Gasteiger partial charge in [0, 0.05) is 6.20 Å². The number of nitrogen functional groups attached to an aromatic ring is 1. The number of alkyl halides is 1. The zero-order valence-corrected chi connectivity index (χ0v) is 7.65. The normalized spacial score (nSPS) is 15.3. The monoisotopic (exact) mass is 202 g/mol. The molecule has 0 aliphatic rings. The summed E-state index contributed by atoms with van der Waals surface area (Å²) in [5.74, 6) is -0.0584. The van der Waals surface area contributed by atoms with Gasteiger partial charge in [0.25, 0.3) is 0 Å². The standard InChI is InChI=1S/C8H11ClN2O2/c9-4-6(12)8(13)7-5(10)2-1-3-11-7/h1-3,6,8,12-13H,4,10H2. The van der Waals surface area contributed by atoms with Crippen molar-refractivity contribution in [1.29, 1.82) is 0 Å². The summed E-state index contributed by atoms with van der Waals surface area (Å²) in [6.07, 6.45) is -0.673. The molecule has 13 heavy (non-hydrogen) atoms. The minimum atomic E-state index is -1.13. The van der Waals surface area contributed by atoms with Crippen LogP contribution >= 0.6 is 11.6 Å². The number of aliphatic hydroxyl groups is 2. The highest BCUT2D eigenvalue weighted by Crippen LogP contribution is 2.20. The molecule has 0 fully saturated rings. The first kappa shape index (κ1) is 10.2. The fourth-order valence-corrected chi connectivity index (χ4v) is 1.11. The van der Waals surface area contributed by atoms with Crippen LogP contribution in [0.3, 0.4) is 0 Å². The Hall–Kier alpha value is -0.840. The van der Waals surface area contributed by atoms with Crippen LogP contribution in [0, 0.1) is 0 Å². The average molecular weight is 203 g/mol. The molecular formula is C8H11ClN2O2. The summed E-state index contributed by atoms with van der Waals surface area (Å²) >= 11 is 5.37. The highest BCUT2D eigenvalue weighted by molar-refractivity contribution is 6.18. The van der Waals surface area contributed by atoms with Crippen molar-refractivity contribution >= 4 is 17.3 Å². The highest BCUT2D eigenvalue weighted by Gasteiger charge is 2.20. The fraction of sp³-hybridized carbons (Fsp3) is 0.375. The number of nitrogens with zero attached hydrogens (tertiary/aromatic N) is 1. The van der Waals surface area contributed by atoms with Crippen molar-refractivity contribution in [3.8, 4) is 0 Å². The lowest BCUT2D eigenvalue weighted by atomic mass is 10.1. The third-order valence-electron chi connectivity index (χ3n) is 1.67. The smallest absolute Gasteiger partial charge is 0.125 e. The summed E-state index contributed by atoms with van der Waals surface area (Å²) in [5.41, 5.74) is 6.14. The molecule has 0 bridgehead atoms. The number of hydrogen-bond acceptors (Lipinski definition) is 4. The van der Waals surface area contributed by atoms with Gasteiger partial charge in [0.2, 0.25) is 0 Å². The molecule has 1 heterocycles. The molecule has 1 aromatic rings. The summed E-state index contributed by atoms with van der Waals surface area (Å²) in [4.78, 5) is 3.85. The van der Waals surface area contributed by atoms with Crippen molar-refractivity contribution in [2.75, 3.05) is 11.6 Å². The maximum Gasteiger partial charge on any atom is 0.125 e. The predicted octanol–water partition coefficient (Wildman–Crippen LogP) is 0.297. The predicted molar refractivity (Wildman–Crippen MR) is 50.3 cm³/mol. The molecule has 5 heteroatoms. The van der Waals surface area contributed by atoms with E-state index in [1.54, 1.807) is 12.1 Å². The number of rotatable bonds is 3. The summed E-state index contributed by atoms with van der Waals surface area (Å²) in [6.45, 7) is 0. The van der Waals surface area contributed by atoms with Crippen molar-refractivity contribution in [3.63, 3.8) is 0 Å². The number of halogens is 1. The van der Waals surface area contributed by atoms with Crippen LogP contribution in [-0.2, 0) is 0 Å². The van der Waals surface area contributed by atoms with E-state index in [1.807, 2.05) is 0 Å². The van der Waals surface area contributed by atoms with E-state index in [0.717, 1.165) is 0 Å². The van der Waals surface area contributed by atoms with Gasteiger partial charge in [-0.15, -0.1) is 11.6 Å². The Balaban J connectivity index is 2.88. The molecular weight excluding hydrogens is 192 g/mol. The van der Waals surface area contributed by atoms with Gasteiger partial charge in [-0.05, 0) is 12.1 Å². The third-order valence-corrected chi connectivity index (χ3v) is 1.99. The lowest BCUT2D eigenvalue weighted by Crippen LogP contribution is -2.21. The Kier molecular flexibility index (Phi) is 3.48. The van der Waals surface area contributed by atoms with Crippen LogP contribution in [0.2, 0.25) is 0 Å². The summed E-state index contributed by atoms with van der Waals surface area (Å²) in [6, 6.07) is 3.26. The van der Waals surface area contributed by atoms with Crippen molar-refractivity contribution in [2.45, 2.75) is 12.2 Å². The molecule has 0 aromatic carbocycles. The van der Waals surface area contributed by atoms with Gasteiger partial charge in [-0.1, -0.05) is 0 Å². The second-order valence-electron chi connectivity index (χ2n) is 2.64. The number of pyridine rings is 1. The Morgan fingerprint density at radius 1 is 1.54 bits per heavy atom. The van der Waals surface area contributed by atoms with Gasteiger partial charge < -0.3 is 15.9 Å². The van der Waals surface area contributed by atoms with Crippen LogP contribution in [0.4, 0.5) is 5.69 Å². The van der Waals surface area contributed by atoms with Gasteiger partial charge in [0.05, 0.1) is 23.4 Å². The number of aliphatic hydroxyl groups excluding tert-OH is 2. The van der Waals surface area contributed by atoms with Gasteiger partial charge in [0.15, 0.2) is 0 Å². The summed E-state index contributed by atoms with van der Waals surface area (Å²) < 4.78 is 0. The highest BCUT2D eigenvalue weighted by atomic mass is 35.5. The molecule has 1 rings (SSSR count). The minimum Gasteiger partial charge on any atom is -0.397 e. The van der Waals surface area contributed by atoms with Crippen molar-refractivity contribution in [3.05, 3.63) is 24.0 Å². The minimum absolute atomic E-state index is 0.0584. The van der Waals surface area contributed by atoms with Crippen LogP contribution < -0.4 is 5.73 Å². The van der Waals surface area contributed by atoms with Crippen LogP contribution in [0.1, 0.15) is 11.8 Å². The lowest BCUT2D eigenvalue weighted by Gasteiger charge is -2.15. The van der Waals surface area contributed by atoms with Crippen molar-refractivity contribution in [1.82, 2.24) is 4.98 Å². The van der Waals surface area contributed by atoms with Gasteiger partial charge >= 0.3 is 0 Å². The topological polar surface area (TPSA) is 79.4 Å². The van der Waals surface area contributed by atoms with E-state index < -0.39 is 12.2 Å². The van der Waals surface area contributed by atoms with Crippen LogP contribution in [0.25, 0.3) is 0 Å². The molecule has 0 saturated heterocycles. The van der Waals surface area contributed by atoms with Crippen LogP contribution in [-0.4, -0.2) is 27.2 Å². The van der Waals surface area contributed by atoms with Gasteiger partial charge in [0.1, 0.15) is 6.10 Å². The van der Waals surface area contributed by atoms with E-state index in [-0.39, 0.29) is 11.6 Å². The fourth-order valence-electron chi connectivity index (χ4n) is 0.944. The molecule has 72 valence electrons. The number of nitrogens with two attached hydrogens (primary N) is 1. The second-order valence-corrected chi connectivity index (χ2v) is 2.95. The van der Waals surface area contributed by atoms with E-state index in [9.17, 15) is 10.2 Å². The molecule has 2 atom stereocenters. The lowest BCUT2D eigenvalue weighted by molar-refractivity contribution is 0.0305. The first-order chi connectivity index (χ1) is 6.16. The maximum absolute atomic E-state index is 9.49. The Morgan fingerprint density at radius 3 is 2.77 bits per heavy atom. The molecule has 2 unspecified atom stereocenters. The zero-order valence-electron chi connectivity index (χ0n) is 6.89. The molecule has 0 saturated carbocycles. The molecule has 1 aromatic heterocycles. The first-order valence-corrected chi connectivity index (χ1v) is 4.32.